The Bertz CT molecular complexity index is 325. The molecule has 78 valence electrons. The van der Waals surface area contributed by atoms with E-state index in [1.54, 1.807) is 0 Å². The molecule has 1 rings (SSSR count). The van der Waals surface area contributed by atoms with Crippen molar-refractivity contribution < 1.29 is 0 Å². The standard InChI is InChI=1S/C11H19N3/c1-6-10-9(7-14(5)13-10)11(12-4)8(2)3/h7,11-12H,2,6H2,1,3-5H3. The van der Waals surface area contributed by atoms with Crippen molar-refractivity contribution in [2.45, 2.75) is 26.3 Å². The molecule has 1 aromatic heterocycles. The lowest BCUT2D eigenvalue weighted by molar-refractivity contribution is 0.672. The third kappa shape index (κ3) is 2.04. The number of nitrogens with one attached hydrogen (secondary N) is 1. The molecule has 1 N–H and O–H groups in total. The zero-order chi connectivity index (χ0) is 10.7. The van der Waals surface area contributed by atoms with E-state index in [0.29, 0.717) is 0 Å². The van der Waals surface area contributed by atoms with Crippen LogP contribution in [0.3, 0.4) is 0 Å². The Hall–Kier alpha value is -1.09. The number of nitrogens with zero attached hydrogens (tertiary/aromatic N) is 2. The summed E-state index contributed by atoms with van der Waals surface area (Å²) >= 11 is 0. The van der Waals surface area contributed by atoms with Crippen molar-refractivity contribution in [3.63, 3.8) is 0 Å². The van der Waals surface area contributed by atoms with Crippen LogP contribution in [0, 0.1) is 0 Å². The van der Waals surface area contributed by atoms with Crippen LogP contribution in [0.2, 0.25) is 0 Å². The van der Waals surface area contributed by atoms with E-state index in [9.17, 15) is 0 Å². The molecule has 0 bridgehead atoms. The predicted octanol–water partition coefficient (Wildman–Crippen LogP) is 1.82. The highest BCUT2D eigenvalue weighted by atomic mass is 15.3. The van der Waals surface area contributed by atoms with Gasteiger partial charge in [-0.25, -0.2) is 0 Å². The van der Waals surface area contributed by atoms with Crippen molar-refractivity contribution in [3.05, 3.63) is 29.6 Å². The van der Waals surface area contributed by atoms with E-state index in [1.807, 2.05) is 25.7 Å². The van der Waals surface area contributed by atoms with Gasteiger partial charge in [0.15, 0.2) is 0 Å². The molecule has 0 aliphatic carbocycles. The van der Waals surface area contributed by atoms with Crippen LogP contribution in [0.5, 0.6) is 0 Å². The lowest BCUT2D eigenvalue weighted by atomic mass is 10.0. The molecule has 3 heteroatoms. The van der Waals surface area contributed by atoms with Crippen molar-refractivity contribution >= 4 is 0 Å². The van der Waals surface area contributed by atoms with Crippen molar-refractivity contribution in [2.75, 3.05) is 7.05 Å². The monoisotopic (exact) mass is 193 g/mol. The molecule has 0 saturated heterocycles. The normalized spacial score (nSPS) is 12.9. The van der Waals surface area contributed by atoms with Gasteiger partial charge in [0.25, 0.3) is 0 Å². The quantitative estimate of drug-likeness (QED) is 0.739. The van der Waals surface area contributed by atoms with Crippen LogP contribution < -0.4 is 5.32 Å². The minimum atomic E-state index is 0.221. The van der Waals surface area contributed by atoms with Gasteiger partial charge >= 0.3 is 0 Å². The first kappa shape index (κ1) is 11.0. The van der Waals surface area contributed by atoms with E-state index < -0.39 is 0 Å². The molecular weight excluding hydrogens is 174 g/mol. The fourth-order valence-electron chi connectivity index (χ4n) is 1.74. The molecule has 0 aliphatic heterocycles. The second kappa shape index (κ2) is 4.42. The summed E-state index contributed by atoms with van der Waals surface area (Å²) in [6.07, 6.45) is 3.02. The van der Waals surface area contributed by atoms with Crippen LogP contribution in [0.25, 0.3) is 0 Å². The van der Waals surface area contributed by atoms with E-state index in [0.717, 1.165) is 17.7 Å². The van der Waals surface area contributed by atoms with E-state index in [2.05, 4.69) is 30.1 Å². The van der Waals surface area contributed by atoms with Crippen LogP contribution in [0.15, 0.2) is 18.3 Å². The molecule has 1 atom stereocenters. The second-order valence-corrected chi connectivity index (χ2v) is 3.63. The van der Waals surface area contributed by atoms with Crippen LogP contribution in [0.1, 0.15) is 31.1 Å². The average Bonchev–Trinajstić information content (AvgIpc) is 2.47. The highest BCUT2D eigenvalue weighted by molar-refractivity contribution is 5.28. The van der Waals surface area contributed by atoms with E-state index >= 15 is 0 Å². The molecule has 14 heavy (non-hydrogen) atoms. The Kier molecular flexibility index (Phi) is 3.47. The Morgan fingerprint density at radius 2 is 2.36 bits per heavy atom. The first-order valence-electron chi connectivity index (χ1n) is 4.95. The van der Waals surface area contributed by atoms with Gasteiger partial charge in [0.05, 0.1) is 11.7 Å². The van der Waals surface area contributed by atoms with E-state index in [1.165, 1.54) is 5.56 Å². The summed E-state index contributed by atoms with van der Waals surface area (Å²) in [5.74, 6) is 0. The lowest BCUT2D eigenvalue weighted by Crippen LogP contribution is -2.17. The molecule has 0 radical (unpaired) electrons. The number of aromatic nitrogens is 2. The first-order valence-corrected chi connectivity index (χ1v) is 4.95. The summed E-state index contributed by atoms with van der Waals surface area (Å²) in [5.41, 5.74) is 3.51. The third-order valence-corrected chi connectivity index (χ3v) is 2.36. The molecule has 3 nitrogen and oxygen atoms in total. The first-order chi connectivity index (χ1) is 6.60. The number of likely N-dealkylation sites (N-methyl/N-ethyl adjacent to an activating group) is 1. The number of hydrogen-bond donors (Lipinski definition) is 1. The molecular formula is C11H19N3. The summed E-state index contributed by atoms with van der Waals surface area (Å²) in [4.78, 5) is 0. The SMILES string of the molecule is C=C(C)C(NC)c1cn(C)nc1CC. The Balaban J connectivity index is 3.08. The smallest absolute Gasteiger partial charge is 0.0672 e. The van der Waals surface area contributed by atoms with Gasteiger partial charge in [0.2, 0.25) is 0 Å². The molecule has 0 spiro atoms. The Morgan fingerprint density at radius 1 is 1.71 bits per heavy atom. The van der Waals surface area contributed by atoms with Gasteiger partial charge in [0.1, 0.15) is 0 Å². The van der Waals surface area contributed by atoms with Crippen LogP contribution in [0.4, 0.5) is 0 Å². The Labute approximate surface area is 85.8 Å². The van der Waals surface area contributed by atoms with E-state index in [-0.39, 0.29) is 6.04 Å². The maximum absolute atomic E-state index is 4.42. The van der Waals surface area contributed by atoms with Gasteiger partial charge in [0, 0.05) is 18.8 Å². The van der Waals surface area contributed by atoms with Crippen molar-refractivity contribution in [2.24, 2.45) is 7.05 Å². The molecule has 0 fully saturated rings. The largest absolute Gasteiger partial charge is 0.310 e. The van der Waals surface area contributed by atoms with Gasteiger partial charge in [-0.1, -0.05) is 19.1 Å². The highest BCUT2D eigenvalue weighted by Crippen LogP contribution is 2.22. The van der Waals surface area contributed by atoms with Crippen molar-refractivity contribution in [1.29, 1.82) is 0 Å². The van der Waals surface area contributed by atoms with Crippen LogP contribution in [-0.2, 0) is 13.5 Å². The van der Waals surface area contributed by atoms with Gasteiger partial charge in [-0.3, -0.25) is 4.68 Å². The minimum absolute atomic E-state index is 0.221. The van der Waals surface area contributed by atoms with Crippen molar-refractivity contribution in [1.82, 2.24) is 15.1 Å². The molecule has 0 aromatic carbocycles. The molecule has 1 aromatic rings. The number of rotatable bonds is 4. The maximum atomic E-state index is 4.42. The minimum Gasteiger partial charge on any atom is -0.310 e. The summed E-state index contributed by atoms with van der Waals surface area (Å²) in [7, 11) is 3.90. The fourth-order valence-corrected chi connectivity index (χ4v) is 1.74. The topological polar surface area (TPSA) is 29.9 Å². The second-order valence-electron chi connectivity index (χ2n) is 3.63. The predicted molar refractivity (Wildman–Crippen MR) is 59.2 cm³/mol. The molecule has 0 amide bonds. The summed E-state index contributed by atoms with van der Waals surface area (Å²) in [5, 5.41) is 7.67. The molecule has 0 aliphatic rings. The van der Waals surface area contributed by atoms with E-state index in [4.69, 9.17) is 0 Å². The zero-order valence-corrected chi connectivity index (χ0v) is 9.46. The fraction of sp³-hybridized carbons (Fsp3) is 0.545. The maximum Gasteiger partial charge on any atom is 0.0672 e. The summed E-state index contributed by atoms with van der Waals surface area (Å²) < 4.78 is 1.86. The third-order valence-electron chi connectivity index (χ3n) is 2.36. The molecule has 0 saturated carbocycles. The Morgan fingerprint density at radius 3 is 2.79 bits per heavy atom. The van der Waals surface area contributed by atoms with Crippen LogP contribution in [-0.4, -0.2) is 16.8 Å². The molecule has 1 unspecified atom stereocenters. The summed E-state index contributed by atoms with van der Waals surface area (Å²) in [6.45, 7) is 8.15. The van der Waals surface area contributed by atoms with Gasteiger partial charge in [-0.15, -0.1) is 0 Å². The number of hydrogen-bond acceptors (Lipinski definition) is 2. The summed E-state index contributed by atoms with van der Waals surface area (Å²) in [6, 6.07) is 0.221. The highest BCUT2D eigenvalue weighted by Gasteiger charge is 2.16. The number of aryl methyl sites for hydroxylation is 2. The van der Waals surface area contributed by atoms with Gasteiger partial charge in [-0.2, -0.15) is 5.10 Å². The zero-order valence-electron chi connectivity index (χ0n) is 9.46. The van der Waals surface area contributed by atoms with Crippen molar-refractivity contribution in [3.8, 4) is 0 Å². The van der Waals surface area contributed by atoms with Crippen LogP contribution >= 0.6 is 0 Å². The van der Waals surface area contributed by atoms with Gasteiger partial charge in [-0.05, 0) is 20.4 Å². The average molecular weight is 193 g/mol. The van der Waals surface area contributed by atoms with Gasteiger partial charge < -0.3 is 5.32 Å². The lowest BCUT2D eigenvalue weighted by Gasteiger charge is -2.15. The molecule has 1 heterocycles.